The number of methoxy groups -OCH3 is 1. The van der Waals surface area contributed by atoms with Crippen molar-refractivity contribution in [3.63, 3.8) is 0 Å². The van der Waals surface area contributed by atoms with Crippen LogP contribution in [0.5, 0.6) is 0 Å². The molecule has 284 valence electrons. The third-order valence-corrected chi connectivity index (χ3v) is 8.66. The van der Waals surface area contributed by atoms with Gasteiger partial charge < -0.3 is 44.3 Å². The highest BCUT2D eigenvalue weighted by atomic mass is 16.6. The van der Waals surface area contributed by atoms with Crippen molar-refractivity contribution in [3.05, 3.63) is 35.9 Å². The van der Waals surface area contributed by atoms with Crippen molar-refractivity contribution < 1.29 is 28.5 Å². The number of pyridine rings is 1. The number of ether oxygens (including phenoxy) is 4. The molecule has 4 rings (SSSR count). The Morgan fingerprint density at radius 3 is 2.16 bits per heavy atom. The van der Waals surface area contributed by atoms with Crippen LogP contribution in [-0.2, 0) is 35.0 Å². The van der Waals surface area contributed by atoms with Gasteiger partial charge >= 0.3 is 5.97 Å². The van der Waals surface area contributed by atoms with Crippen LogP contribution in [-0.4, -0.2) is 140 Å². The number of esters is 1. The van der Waals surface area contributed by atoms with Crippen LogP contribution in [0.25, 0.3) is 0 Å². The summed E-state index contributed by atoms with van der Waals surface area (Å²) < 4.78 is 22.0. The molecule has 0 aliphatic carbocycles. The van der Waals surface area contributed by atoms with Gasteiger partial charge in [-0.25, -0.2) is 14.8 Å². The predicted octanol–water partition coefficient (Wildman–Crippen LogP) is 3.61. The molecule has 2 aromatic heterocycles. The standard InChI is InChI=1S/C37H60N8O6/c1-28(2)40-32-24-30(23-29-9-12-38-36(41-29)45-15-10-31(48-6)11-16-45)39-25-33(32)42-34(46)26-49-21-7-13-43-17-19-44(20-18-43)14-8-22-50-27-35(47)51-37(3,4)5/h9,12,24-25,28,31H,7-8,10-11,13-23,26-27H2,1-6H3,(H,39,40)(H,42,46). The molecule has 4 heterocycles. The van der Waals surface area contributed by atoms with Gasteiger partial charge in [-0.2, -0.15) is 0 Å². The summed E-state index contributed by atoms with van der Waals surface area (Å²) in [5, 5.41) is 6.41. The van der Waals surface area contributed by atoms with Gasteiger partial charge in [0.15, 0.2) is 0 Å². The summed E-state index contributed by atoms with van der Waals surface area (Å²) in [5.41, 5.74) is 2.69. The van der Waals surface area contributed by atoms with Crippen molar-refractivity contribution in [2.45, 2.75) is 84.5 Å². The van der Waals surface area contributed by atoms with Crippen molar-refractivity contribution in [1.82, 2.24) is 24.8 Å². The lowest BCUT2D eigenvalue weighted by atomic mass is 10.1. The summed E-state index contributed by atoms with van der Waals surface area (Å²) in [5.74, 6) is 0.204. The molecular formula is C37H60N8O6. The first-order valence-corrected chi connectivity index (χ1v) is 18.4. The topological polar surface area (TPSA) is 144 Å². The summed E-state index contributed by atoms with van der Waals surface area (Å²) in [6, 6.07) is 4.06. The van der Waals surface area contributed by atoms with Crippen molar-refractivity contribution in [3.8, 4) is 0 Å². The Balaban J connectivity index is 1.12. The van der Waals surface area contributed by atoms with E-state index in [9.17, 15) is 9.59 Å². The molecule has 2 N–H and O–H groups in total. The molecule has 0 bridgehead atoms. The van der Waals surface area contributed by atoms with Crippen LogP contribution < -0.4 is 15.5 Å². The Morgan fingerprint density at radius 1 is 0.902 bits per heavy atom. The van der Waals surface area contributed by atoms with Crippen LogP contribution in [0.1, 0.15) is 71.7 Å². The number of nitrogens with zero attached hydrogens (tertiary/aromatic N) is 6. The predicted molar refractivity (Wildman–Crippen MR) is 198 cm³/mol. The van der Waals surface area contributed by atoms with E-state index < -0.39 is 5.60 Å². The van der Waals surface area contributed by atoms with E-state index in [4.69, 9.17) is 23.9 Å². The van der Waals surface area contributed by atoms with Gasteiger partial charge in [0.25, 0.3) is 0 Å². The van der Waals surface area contributed by atoms with Crippen molar-refractivity contribution in [2.75, 3.05) is 101 Å². The molecule has 0 aromatic carbocycles. The van der Waals surface area contributed by atoms with E-state index in [1.165, 1.54) is 0 Å². The third kappa shape index (κ3) is 15.0. The summed E-state index contributed by atoms with van der Waals surface area (Å²) in [6.45, 7) is 18.3. The first-order valence-electron chi connectivity index (χ1n) is 18.4. The number of hydrogen-bond donors (Lipinski definition) is 2. The first kappa shape index (κ1) is 40.3. The zero-order valence-corrected chi connectivity index (χ0v) is 31.6. The second-order valence-electron chi connectivity index (χ2n) is 14.6. The van der Waals surface area contributed by atoms with E-state index in [1.54, 1.807) is 19.5 Å². The number of hydrogen-bond acceptors (Lipinski definition) is 13. The zero-order chi connectivity index (χ0) is 36.6. The Bertz CT molecular complexity index is 1360. The maximum absolute atomic E-state index is 12.8. The minimum Gasteiger partial charge on any atom is -0.458 e. The van der Waals surface area contributed by atoms with E-state index in [0.29, 0.717) is 31.4 Å². The van der Waals surface area contributed by atoms with Crippen LogP contribution in [0.2, 0.25) is 0 Å². The Kier molecular flexibility index (Phi) is 16.3. The van der Waals surface area contributed by atoms with Crippen LogP contribution in [0.4, 0.5) is 17.3 Å². The van der Waals surface area contributed by atoms with Gasteiger partial charge in [-0.3, -0.25) is 9.78 Å². The maximum atomic E-state index is 12.8. The Labute approximate surface area is 304 Å². The summed E-state index contributed by atoms with van der Waals surface area (Å²) in [4.78, 5) is 45.6. The van der Waals surface area contributed by atoms with E-state index in [1.807, 2.05) is 32.9 Å². The maximum Gasteiger partial charge on any atom is 0.332 e. The molecule has 0 saturated carbocycles. The first-order chi connectivity index (χ1) is 24.5. The Morgan fingerprint density at radius 2 is 1.55 bits per heavy atom. The van der Waals surface area contributed by atoms with Gasteiger partial charge in [-0.15, -0.1) is 0 Å². The van der Waals surface area contributed by atoms with E-state index in [-0.39, 0.29) is 31.1 Å². The van der Waals surface area contributed by atoms with Crippen LogP contribution >= 0.6 is 0 Å². The molecule has 0 unspecified atom stereocenters. The number of carbonyl (C=O) groups is 2. The number of carbonyl (C=O) groups excluding carboxylic acids is 2. The number of nitrogens with one attached hydrogen (secondary N) is 2. The average Bonchev–Trinajstić information content (AvgIpc) is 3.09. The fourth-order valence-corrected chi connectivity index (χ4v) is 6.13. The number of amides is 1. The smallest absolute Gasteiger partial charge is 0.332 e. The molecule has 14 heteroatoms. The average molecular weight is 713 g/mol. The van der Waals surface area contributed by atoms with Crippen LogP contribution in [0, 0.1) is 0 Å². The fraction of sp³-hybridized carbons (Fsp3) is 0.703. The summed E-state index contributed by atoms with van der Waals surface area (Å²) in [7, 11) is 1.77. The van der Waals surface area contributed by atoms with Crippen molar-refractivity contribution in [2.24, 2.45) is 0 Å². The minimum atomic E-state index is -0.489. The SMILES string of the molecule is COC1CCN(c2nccc(Cc3cc(NC(C)C)c(NC(=O)COCCCN4CCN(CCCOCC(=O)OC(C)(C)C)CC4)cn3)n2)CC1. The van der Waals surface area contributed by atoms with Gasteiger partial charge in [0.1, 0.15) is 18.8 Å². The van der Waals surface area contributed by atoms with E-state index in [0.717, 1.165) is 101 Å². The zero-order valence-electron chi connectivity index (χ0n) is 31.6. The molecule has 14 nitrogen and oxygen atoms in total. The molecule has 0 radical (unpaired) electrons. The largest absolute Gasteiger partial charge is 0.458 e. The summed E-state index contributed by atoms with van der Waals surface area (Å²) >= 11 is 0. The Hall–Kier alpha value is -3.43. The molecule has 1 amide bonds. The number of piperidine rings is 1. The highest BCUT2D eigenvalue weighted by Gasteiger charge is 2.21. The van der Waals surface area contributed by atoms with Crippen LogP contribution in [0.3, 0.4) is 0 Å². The van der Waals surface area contributed by atoms with Crippen molar-refractivity contribution >= 4 is 29.2 Å². The monoisotopic (exact) mass is 712 g/mol. The molecule has 2 aliphatic heterocycles. The van der Waals surface area contributed by atoms with Gasteiger partial charge in [-0.1, -0.05) is 0 Å². The summed E-state index contributed by atoms with van der Waals surface area (Å²) in [6.07, 6.45) is 8.03. The highest BCUT2D eigenvalue weighted by molar-refractivity contribution is 5.94. The number of piperazine rings is 1. The molecule has 2 saturated heterocycles. The molecule has 2 aromatic rings. The van der Waals surface area contributed by atoms with Gasteiger partial charge in [0.05, 0.1) is 29.4 Å². The number of anilines is 3. The number of rotatable bonds is 19. The van der Waals surface area contributed by atoms with Crippen LogP contribution in [0.15, 0.2) is 24.5 Å². The van der Waals surface area contributed by atoms with Crippen molar-refractivity contribution in [1.29, 1.82) is 0 Å². The molecule has 0 spiro atoms. The lowest BCUT2D eigenvalue weighted by molar-refractivity contribution is -0.160. The molecule has 51 heavy (non-hydrogen) atoms. The number of aromatic nitrogens is 3. The van der Waals surface area contributed by atoms with Gasteiger partial charge in [0, 0.05) is 97.0 Å². The molecular weight excluding hydrogens is 652 g/mol. The third-order valence-electron chi connectivity index (χ3n) is 8.66. The van der Waals surface area contributed by atoms with E-state index in [2.05, 4.69) is 49.1 Å². The van der Waals surface area contributed by atoms with Gasteiger partial charge in [0.2, 0.25) is 11.9 Å². The van der Waals surface area contributed by atoms with Gasteiger partial charge in [-0.05, 0) is 72.4 Å². The highest BCUT2D eigenvalue weighted by Crippen LogP contribution is 2.24. The normalized spacial score (nSPS) is 16.4. The molecule has 2 fully saturated rings. The lowest BCUT2D eigenvalue weighted by Crippen LogP contribution is -2.47. The van der Waals surface area contributed by atoms with E-state index >= 15 is 0 Å². The minimum absolute atomic E-state index is 0.00182. The quantitative estimate of drug-likeness (QED) is 0.162. The second kappa shape index (κ2) is 20.6. The fourth-order valence-electron chi connectivity index (χ4n) is 6.13. The second-order valence-corrected chi connectivity index (χ2v) is 14.6. The molecule has 0 atom stereocenters. The molecule has 2 aliphatic rings. The lowest BCUT2D eigenvalue weighted by Gasteiger charge is -2.34.